The molecule has 0 unspecified atom stereocenters. The zero-order chi connectivity index (χ0) is 11.2. The number of hydrogen-bond donors (Lipinski definition) is 0. The predicted molar refractivity (Wildman–Crippen MR) is 73.8 cm³/mol. The highest BCUT2D eigenvalue weighted by Gasteiger charge is 2.12. The molecule has 0 radical (unpaired) electrons. The molecule has 0 fully saturated rings. The lowest BCUT2D eigenvalue weighted by molar-refractivity contribution is 1.11. The minimum atomic E-state index is -0.0609. The van der Waals surface area contributed by atoms with Crippen LogP contribution in [0.25, 0.3) is 0 Å². The lowest BCUT2D eigenvalue weighted by Crippen LogP contribution is -2.08. The van der Waals surface area contributed by atoms with Crippen LogP contribution in [-0.4, -0.2) is 9.52 Å². The third-order valence-electron chi connectivity index (χ3n) is 2.98. The van der Waals surface area contributed by atoms with Crippen molar-refractivity contribution >= 4 is 9.52 Å². The van der Waals surface area contributed by atoms with Gasteiger partial charge in [0.25, 0.3) is 0 Å². The Balaban J connectivity index is 2.31. The molecule has 0 saturated carbocycles. The Labute approximate surface area is 100 Å². The van der Waals surface area contributed by atoms with Gasteiger partial charge in [0.15, 0.2) is 0 Å². The van der Waals surface area contributed by atoms with Crippen LogP contribution >= 0.6 is 0 Å². The van der Waals surface area contributed by atoms with Crippen molar-refractivity contribution in [2.24, 2.45) is 0 Å². The Morgan fingerprint density at radius 2 is 1.25 bits per heavy atom. The van der Waals surface area contributed by atoms with Gasteiger partial charge in [0.2, 0.25) is 0 Å². The molecular weight excluding hydrogens is 208 g/mol. The van der Waals surface area contributed by atoms with Gasteiger partial charge in [-0.05, 0) is 16.7 Å². The van der Waals surface area contributed by atoms with Crippen LogP contribution in [0.4, 0.5) is 0 Å². The van der Waals surface area contributed by atoms with Gasteiger partial charge < -0.3 is 0 Å². The maximum absolute atomic E-state index is 2.31. The molecule has 0 heterocycles. The van der Waals surface area contributed by atoms with Gasteiger partial charge in [-0.25, -0.2) is 0 Å². The summed E-state index contributed by atoms with van der Waals surface area (Å²) in [5, 5.41) is 0. The van der Waals surface area contributed by atoms with Gasteiger partial charge in [-0.3, -0.25) is 0 Å². The number of benzene rings is 2. The minimum Gasteiger partial charge on any atom is -0.0682 e. The van der Waals surface area contributed by atoms with Crippen molar-refractivity contribution in [3.63, 3.8) is 0 Å². The number of hydrogen-bond acceptors (Lipinski definition) is 0. The van der Waals surface area contributed by atoms with Crippen LogP contribution in [0, 0.1) is 0 Å². The fourth-order valence-electron chi connectivity index (χ4n) is 2.19. The average molecular weight is 226 g/mol. The molecule has 2 aromatic carbocycles. The maximum atomic E-state index is 2.31. The molecule has 0 saturated heterocycles. The van der Waals surface area contributed by atoms with E-state index in [1.165, 1.54) is 17.2 Å². The number of rotatable bonds is 4. The second-order valence-corrected chi connectivity index (χ2v) is 6.56. The molecule has 0 amide bonds. The summed E-state index contributed by atoms with van der Waals surface area (Å²) < 4.78 is 0. The normalized spacial score (nSPS) is 11.4. The van der Waals surface area contributed by atoms with Crippen molar-refractivity contribution in [2.45, 2.75) is 18.5 Å². The summed E-state index contributed by atoms with van der Waals surface area (Å²) in [5.41, 5.74) is 3.66. The quantitative estimate of drug-likeness (QED) is 0.701. The molecule has 0 aliphatic rings. The molecule has 0 N–H and O–H groups in total. The molecule has 2 rings (SSSR count). The van der Waals surface area contributed by atoms with Crippen LogP contribution in [0.15, 0.2) is 60.7 Å². The van der Waals surface area contributed by atoms with Gasteiger partial charge in [0, 0.05) is 9.52 Å². The zero-order valence-electron chi connectivity index (χ0n) is 9.77. The van der Waals surface area contributed by atoms with Gasteiger partial charge in [0.05, 0.1) is 0 Å². The molecule has 0 aliphatic carbocycles. The Hall–Kier alpha value is -1.34. The molecule has 0 aromatic heterocycles. The standard InChI is InChI=1S/C15H18Si/c1-2-16-15(13-9-5-3-6-10-13)14-11-7-4-8-12-14/h3-12,15H,2,16H2,1H3. The van der Waals surface area contributed by atoms with Crippen LogP contribution < -0.4 is 0 Å². The third kappa shape index (κ3) is 2.61. The smallest absolute Gasteiger partial charge is 0.0340 e. The van der Waals surface area contributed by atoms with E-state index < -0.39 is 0 Å². The van der Waals surface area contributed by atoms with Crippen LogP contribution in [0.5, 0.6) is 0 Å². The molecule has 1 heteroatoms. The van der Waals surface area contributed by atoms with Crippen LogP contribution in [0.3, 0.4) is 0 Å². The topological polar surface area (TPSA) is 0 Å². The summed E-state index contributed by atoms with van der Waals surface area (Å²) >= 11 is 0. The highest BCUT2D eigenvalue weighted by atomic mass is 28.2. The highest BCUT2D eigenvalue weighted by Crippen LogP contribution is 2.23. The van der Waals surface area contributed by atoms with E-state index in [1.807, 2.05) is 0 Å². The van der Waals surface area contributed by atoms with Crippen molar-refractivity contribution in [3.05, 3.63) is 71.8 Å². The average Bonchev–Trinajstić information content (AvgIpc) is 2.38. The first kappa shape index (κ1) is 11.2. The molecule has 2 aromatic rings. The van der Waals surface area contributed by atoms with Gasteiger partial charge in [-0.15, -0.1) is 0 Å². The lowest BCUT2D eigenvalue weighted by atomic mass is 10.0. The Morgan fingerprint density at radius 1 is 0.812 bits per heavy atom. The van der Waals surface area contributed by atoms with Gasteiger partial charge in [-0.2, -0.15) is 0 Å². The zero-order valence-corrected chi connectivity index (χ0v) is 11.2. The highest BCUT2D eigenvalue weighted by molar-refractivity contribution is 6.38. The van der Waals surface area contributed by atoms with Crippen molar-refractivity contribution in [2.75, 3.05) is 0 Å². The Morgan fingerprint density at radius 3 is 1.62 bits per heavy atom. The van der Waals surface area contributed by atoms with Crippen LogP contribution in [0.2, 0.25) is 6.04 Å². The fourth-order valence-corrected chi connectivity index (χ4v) is 3.97. The first-order valence-corrected chi connectivity index (χ1v) is 7.83. The second kappa shape index (κ2) is 5.66. The van der Waals surface area contributed by atoms with E-state index in [-0.39, 0.29) is 9.52 Å². The molecule has 0 spiro atoms. The Kier molecular flexibility index (Phi) is 3.95. The maximum Gasteiger partial charge on any atom is 0.0340 e. The molecule has 0 aliphatic heterocycles. The van der Waals surface area contributed by atoms with Crippen LogP contribution in [0.1, 0.15) is 23.6 Å². The monoisotopic (exact) mass is 226 g/mol. The van der Waals surface area contributed by atoms with Crippen LogP contribution in [-0.2, 0) is 0 Å². The molecule has 16 heavy (non-hydrogen) atoms. The summed E-state index contributed by atoms with van der Waals surface area (Å²) in [6.07, 6.45) is 0. The van der Waals surface area contributed by atoms with Gasteiger partial charge in [-0.1, -0.05) is 73.6 Å². The Bertz CT molecular complexity index is 368. The summed E-state index contributed by atoms with van der Waals surface area (Å²) in [6, 6.07) is 23.2. The molecule has 0 atom stereocenters. The fraction of sp³-hybridized carbons (Fsp3) is 0.200. The van der Waals surface area contributed by atoms with E-state index >= 15 is 0 Å². The first-order chi connectivity index (χ1) is 7.92. The second-order valence-electron chi connectivity index (χ2n) is 4.16. The summed E-state index contributed by atoms with van der Waals surface area (Å²) in [7, 11) is -0.0609. The summed E-state index contributed by atoms with van der Waals surface area (Å²) in [6.45, 7) is 2.31. The SMILES string of the molecule is CC[SiH2]C(c1ccccc1)c1ccccc1. The van der Waals surface area contributed by atoms with E-state index in [0.29, 0.717) is 5.54 Å². The van der Waals surface area contributed by atoms with E-state index in [1.54, 1.807) is 0 Å². The van der Waals surface area contributed by atoms with Crippen molar-refractivity contribution in [1.29, 1.82) is 0 Å². The first-order valence-electron chi connectivity index (χ1n) is 6.01. The molecule has 0 bridgehead atoms. The van der Waals surface area contributed by atoms with E-state index in [4.69, 9.17) is 0 Å². The van der Waals surface area contributed by atoms with Gasteiger partial charge >= 0.3 is 0 Å². The summed E-state index contributed by atoms with van der Waals surface area (Å²) in [5.74, 6) is 0. The third-order valence-corrected chi connectivity index (χ3v) is 5.08. The lowest BCUT2D eigenvalue weighted by Gasteiger charge is -2.16. The predicted octanol–water partition coefficient (Wildman–Crippen LogP) is 3.38. The summed E-state index contributed by atoms with van der Waals surface area (Å²) in [4.78, 5) is 0. The molecular formula is C15H18Si. The van der Waals surface area contributed by atoms with Crippen molar-refractivity contribution in [1.82, 2.24) is 0 Å². The van der Waals surface area contributed by atoms with E-state index in [0.717, 1.165) is 0 Å². The largest absolute Gasteiger partial charge is 0.0682 e. The van der Waals surface area contributed by atoms with Crippen molar-refractivity contribution in [3.8, 4) is 0 Å². The van der Waals surface area contributed by atoms with Crippen molar-refractivity contribution < 1.29 is 0 Å². The minimum absolute atomic E-state index is 0.0609. The van der Waals surface area contributed by atoms with E-state index in [2.05, 4.69) is 67.6 Å². The molecule has 0 nitrogen and oxygen atoms in total. The van der Waals surface area contributed by atoms with Gasteiger partial charge in [0.1, 0.15) is 0 Å². The van der Waals surface area contributed by atoms with E-state index in [9.17, 15) is 0 Å². The molecule has 82 valence electrons.